The molecule has 1 rings (SSSR count). The third-order valence-electron chi connectivity index (χ3n) is 2.11. The molecule has 0 N–H and O–H groups in total. The first kappa shape index (κ1) is 9.84. The number of hydrogen-bond acceptors (Lipinski definition) is 3. The summed E-state index contributed by atoms with van der Waals surface area (Å²) in [5.41, 5.74) is 0.614. The van der Waals surface area contributed by atoms with Crippen LogP contribution in [0.1, 0.15) is 37.0 Å². The normalized spacial score (nSPS) is 12.5. The van der Waals surface area contributed by atoms with Crippen LogP contribution in [0.5, 0.6) is 0 Å². The highest BCUT2D eigenvalue weighted by Crippen LogP contribution is 2.10. The minimum absolute atomic E-state index is 0.134. The fourth-order valence-electron chi connectivity index (χ4n) is 1.02. The fraction of sp³-hybridized carbons (Fsp3) is 0.500. The lowest BCUT2D eigenvalue weighted by Gasteiger charge is -2.05. The highest BCUT2D eigenvalue weighted by atomic mass is 16.1. The van der Waals surface area contributed by atoms with Gasteiger partial charge in [0.15, 0.2) is 5.78 Å². The van der Waals surface area contributed by atoms with E-state index in [1.165, 1.54) is 6.33 Å². The van der Waals surface area contributed by atoms with E-state index < -0.39 is 0 Å². The molecule has 0 radical (unpaired) electrons. The lowest BCUT2D eigenvalue weighted by Crippen LogP contribution is -2.05. The van der Waals surface area contributed by atoms with Gasteiger partial charge in [0.1, 0.15) is 6.33 Å². The number of Topliss-reactive ketones (excluding diaryl/α,β-unsaturated/α-hetero) is 1. The van der Waals surface area contributed by atoms with Crippen molar-refractivity contribution in [1.82, 2.24) is 9.97 Å². The zero-order chi connectivity index (χ0) is 9.68. The average molecular weight is 178 g/mol. The molecule has 0 amide bonds. The lowest BCUT2D eigenvalue weighted by atomic mass is 9.99. The highest BCUT2D eigenvalue weighted by Gasteiger charge is 2.09. The van der Waals surface area contributed by atoms with Gasteiger partial charge in [0.05, 0.1) is 5.56 Å². The molecule has 3 nitrogen and oxygen atoms in total. The van der Waals surface area contributed by atoms with E-state index in [1.54, 1.807) is 12.4 Å². The van der Waals surface area contributed by atoms with E-state index in [1.807, 2.05) is 0 Å². The van der Waals surface area contributed by atoms with Crippen molar-refractivity contribution in [3.05, 3.63) is 24.3 Å². The molecule has 1 atom stereocenters. The smallest absolute Gasteiger partial charge is 0.166 e. The Morgan fingerprint density at radius 2 is 2.08 bits per heavy atom. The molecule has 1 heterocycles. The van der Waals surface area contributed by atoms with Crippen LogP contribution in [-0.2, 0) is 0 Å². The van der Waals surface area contributed by atoms with Gasteiger partial charge in [-0.3, -0.25) is 4.79 Å². The number of carbonyl (C=O) groups is 1. The van der Waals surface area contributed by atoms with Crippen LogP contribution < -0.4 is 0 Å². The number of ketones is 1. The maximum atomic E-state index is 11.5. The molecular formula is C10H14N2O. The van der Waals surface area contributed by atoms with E-state index in [4.69, 9.17) is 0 Å². The Labute approximate surface area is 78.2 Å². The van der Waals surface area contributed by atoms with Gasteiger partial charge in [0.2, 0.25) is 0 Å². The molecule has 0 aromatic carbocycles. The van der Waals surface area contributed by atoms with Gasteiger partial charge in [-0.15, -0.1) is 0 Å². The summed E-state index contributed by atoms with van der Waals surface area (Å²) in [6.45, 7) is 4.15. The Bertz CT molecular complexity index is 272. The number of aromatic nitrogens is 2. The van der Waals surface area contributed by atoms with Gasteiger partial charge >= 0.3 is 0 Å². The molecular weight excluding hydrogens is 164 g/mol. The zero-order valence-electron chi connectivity index (χ0n) is 8.03. The number of rotatable bonds is 4. The molecule has 0 saturated carbocycles. The largest absolute Gasteiger partial charge is 0.294 e. The monoisotopic (exact) mass is 178 g/mol. The Hall–Kier alpha value is -1.25. The zero-order valence-corrected chi connectivity index (χ0v) is 8.03. The van der Waals surface area contributed by atoms with Crippen molar-refractivity contribution in [2.24, 2.45) is 5.92 Å². The van der Waals surface area contributed by atoms with Crippen LogP contribution in [0.15, 0.2) is 18.7 Å². The summed E-state index contributed by atoms with van der Waals surface area (Å²) in [7, 11) is 0. The Morgan fingerprint density at radius 1 is 1.46 bits per heavy atom. The molecule has 70 valence electrons. The van der Waals surface area contributed by atoms with Gasteiger partial charge in [-0.05, 0) is 5.92 Å². The van der Waals surface area contributed by atoms with Crippen LogP contribution in [0.25, 0.3) is 0 Å². The van der Waals surface area contributed by atoms with Crippen molar-refractivity contribution >= 4 is 5.78 Å². The minimum Gasteiger partial charge on any atom is -0.294 e. The molecule has 1 unspecified atom stereocenters. The number of carbonyl (C=O) groups excluding carboxylic acids is 1. The Morgan fingerprint density at radius 3 is 2.62 bits per heavy atom. The van der Waals surface area contributed by atoms with Crippen molar-refractivity contribution in [2.75, 3.05) is 0 Å². The topological polar surface area (TPSA) is 42.9 Å². The summed E-state index contributed by atoms with van der Waals surface area (Å²) in [5, 5.41) is 0. The lowest BCUT2D eigenvalue weighted by molar-refractivity contribution is 0.0963. The Balaban J connectivity index is 2.59. The van der Waals surface area contributed by atoms with Crippen LogP contribution in [0.2, 0.25) is 0 Å². The first-order valence-corrected chi connectivity index (χ1v) is 4.52. The fourth-order valence-corrected chi connectivity index (χ4v) is 1.02. The summed E-state index contributed by atoms with van der Waals surface area (Å²) in [4.78, 5) is 19.1. The summed E-state index contributed by atoms with van der Waals surface area (Å²) < 4.78 is 0. The van der Waals surface area contributed by atoms with E-state index in [0.29, 0.717) is 17.9 Å². The average Bonchev–Trinajstić information content (AvgIpc) is 2.19. The summed E-state index contributed by atoms with van der Waals surface area (Å²) in [6.07, 6.45) is 6.18. The van der Waals surface area contributed by atoms with Crippen molar-refractivity contribution in [3.8, 4) is 0 Å². The maximum absolute atomic E-state index is 11.5. The predicted octanol–water partition coefficient (Wildman–Crippen LogP) is 2.10. The van der Waals surface area contributed by atoms with E-state index >= 15 is 0 Å². The molecule has 1 aromatic rings. The molecule has 0 fully saturated rings. The summed E-state index contributed by atoms with van der Waals surface area (Å²) >= 11 is 0. The molecule has 13 heavy (non-hydrogen) atoms. The van der Waals surface area contributed by atoms with Crippen molar-refractivity contribution in [3.63, 3.8) is 0 Å². The molecule has 0 saturated heterocycles. The molecule has 1 aromatic heterocycles. The van der Waals surface area contributed by atoms with Crippen molar-refractivity contribution in [2.45, 2.75) is 26.7 Å². The molecule has 0 bridgehead atoms. The van der Waals surface area contributed by atoms with Gasteiger partial charge in [0, 0.05) is 18.8 Å². The third kappa shape index (κ3) is 2.93. The van der Waals surface area contributed by atoms with Crippen LogP contribution in [0.3, 0.4) is 0 Å². The molecule has 3 heteroatoms. The number of nitrogens with zero attached hydrogens (tertiary/aromatic N) is 2. The van der Waals surface area contributed by atoms with Crippen molar-refractivity contribution < 1.29 is 4.79 Å². The van der Waals surface area contributed by atoms with Crippen molar-refractivity contribution in [1.29, 1.82) is 0 Å². The standard InChI is InChI=1S/C10H14N2O/c1-3-8(2)4-10(13)9-5-11-7-12-6-9/h5-8H,3-4H2,1-2H3. The van der Waals surface area contributed by atoms with Crippen LogP contribution >= 0.6 is 0 Å². The maximum Gasteiger partial charge on any atom is 0.166 e. The van der Waals surface area contributed by atoms with Crippen LogP contribution in [-0.4, -0.2) is 15.8 Å². The quantitative estimate of drug-likeness (QED) is 0.663. The summed E-state index contributed by atoms with van der Waals surface area (Å²) in [5.74, 6) is 0.572. The van der Waals surface area contributed by atoms with Gasteiger partial charge in [0.25, 0.3) is 0 Å². The highest BCUT2D eigenvalue weighted by molar-refractivity contribution is 5.95. The van der Waals surface area contributed by atoms with E-state index in [2.05, 4.69) is 23.8 Å². The minimum atomic E-state index is 0.134. The molecule has 0 aliphatic rings. The van der Waals surface area contributed by atoms with E-state index in [0.717, 1.165) is 6.42 Å². The second-order valence-electron chi connectivity index (χ2n) is 3.27. The van der Waals surface area contributed by atoms with E-state index in [9.17, 15) is 4.79 Å². The second-order valence-corrected chi connectivity index (χ2v) is 3.27. The second kappa shape index (κ2) is 4.70. The molecule has 0 aliphatic heterocycles. The number of hydrogen-bond donors (Lipinski definition) is 0. The van der Waals surface area contributed by atoms with E-state index in [-0.39, 0.29) is 5.78 Å². The first-order valence-electron chi connectivity index (χ1n) is 4.52. The van der Waals surface area contributed by atoms with Gasteiger partial charge in [-0.25, -0.2) is 9.97 Å². The molecule has 0 spiro atoms. The predicted molar refractivity (Wildman–Crippen MR) is 50.4 cm³/mol. The SMILES string of the molecule is CCC(C)CC(=O)c1cncnc1. The van der Waals surface area contributed by atoms with Gasteiger partial charge < -0.3 is 0 Å². The first-order chi connectivity index (χ1) is 6.24. The van der Waals surface area contributed by atoms with Crippen LogP contribution in [0.4, 0.5) is 0 Å². The Kier molecular flexibility index (Phi) is 3.55. The summed E-state index contributed by atoms with van der Waals surface area (Å²) in [6, 6.07) is 0. The van der Waals surface area contributed by atoms with Gasteiger partial charge in [-0.1, -0.05) is 20.3 Å². The van der Waals surface area contributed by atoms with Gasteiger partial charge in [-0.2, -0.15) is 0 Å². The third-order valence-corrected chi connectivity index (χ3v) is 2.11. The molecule has 0 aliphatic carbocycles. The van der Waals surface area contributed by atoms with Crippen LogP contribution in [0, 0.1) is 5.92 Å².